The predicted octanol–water partition coefficient (Wildman–Crippen LogP) is 6.87. The Hall–Kier alpha value is -1.83. The first-order valence-corrected chi connectivity index (χ1v) is 15.2. The van der Waals surface area contributed by atoms with Gasteiger partial charge in [-0.1, -0.05) is 29.3 Å². The van der Waals surface area contributed by atoms with Gasteiger partial charge in [0.1, 0.15) is 5.82 Å². The van der Waals surface area contributed by atoms with Crippen LogP contribution in [0.3, 0.4) is 0 Å². The van der Waals surface area contributed by atoms with Gasteiger partial charge < -0.3 is 25.4 Å². The summed E-state index contributed by atoms with van der Waals surface area (Å²) in [6.07, 6.45) is 1.70. The first-order valence-electron chi connectivity index (χ1n) is 11.2. The Morgan fingerprint density at radius 3 is 2.37 bits per heavy atom. The van der Waals surface area contributed by atoms with Crippen molar-refractivity contribution >= 4 is 75.8 Å². The zero-order valence-electron chi connectivity index (χ0n) is 20.2. The van der Waals surface area contributed by atoms with Gasteiger partial charge in [0.2, 0.25) is 5.95 Å². The molecule has 1 saturated heterocycles. The van der Waals surface area contributed by atoms with Gasteiger partial charge in [0.25, 0.3) is 0 Å². The second-order valence-corrected chi connectivity index (χ2v) is 11.9. The van der Waals surface area contributed by atoms with Crippen molar-refractivity contribution in [3.05, 3.63) is 62.2 Å². The number of piperazine rings is 1. The monoisotopic (exact) mass is 598 g/mol. The summed E-state index contributed by atoms with van der Waals surface area (Å²) in [5.41, 5.74) is 5.00. The van der Waals surface area contributed by atoms with E-state index in [2.05, 4.69) is 72.7 Å². The molecule has 0 amide bonds. The lowest BCUT2D eigenvalue weighted by molar-refractivity contribution is 0.589. The van der Waals surface area contributed by atoms with E-state index in [-0.39, 0.29) is 0 Å². The first kappa shape index (κ1) is 27.8. The van der Waals surface area contributed by atoms with Crippen LogP contribution in [-0.4, -0.2) is 49.5 Å². The number of halogens is 3. The molecule has 11 heteroatoms. The number of anilines is 5. The lowest BCUT2D eigenvalue weighted by atomic mass is 10.1. The third-order valence-electron chi connectivity index (χ3n) is 5.25. The molecule has 0 atom stereocenters. The van der Waals surface area contributed by atoms with E-state index in [0.29, 0.717) is 27.5 Å². The molecule has 1 aliphatic heterocycles. The van der Waals surface area contributed by atoms with Gasteiger partial charge in [-0.3, -0.25) is 0 Å². The summed E-state index contributed by atoms with van der Waals surface area (Å²) in [6, 6.07) is 9.90. The standard InChI is InChI=1S/C22H23BrCl2N6.C2H7OP/c1-13-3-4-15(9-14(13)2)28-21-16(23)12-27-22(30-21)29-19-10-18(25)20(11-17(19)24)31-7-5-26-6-8-31;1-4(2)3/h3-4,9-12,26H,5-8H2,1-2H3,(H2,27,28,29,30);4H,1-2H3. The van der Waals surface area contributed by atoms with Gasteiger partial charge in [-0.2, -0.15) is 4.98 Å². The van der Waals surface area contributed by atoms with Gasteiger partial charge in [0, 0.05) is 38.1 Å². The van der Waals surface area contributed by atoms with E-state index in [1.807, 2.05) is 18.2 Å². The Kier molecular flexibility index (Phi) is 10.3. The molecule has 188 valence electrons. The lowest BCUT2D eigenvalue weighted by Gasteiger charge is -2.30. The van der Waals surface area contributed by atoms with Gasteiger partial charge in [-0.25, -0.2) is 4.98 Å². The first-order chi connectivity index (χ1) is 16.6. The molecular formula is C24H30BrCl2N6OP. The van der Waals surface area contributed by atoms with Crippen molar-refractivity contribution < 1.29 is 4.57 Å². The molecule has 4 rings (SSSR count). The average Bonchev–Trinajstić information content (AvgIpc) is 2.81. The second-order valence-electron chi connectivity index (χ2n) is 8.37. The van der Waals surface area contributed by atoms with E-state index in [1.165, 1.54) is 11.1 Å². The maximum Gasteiger partial charge on any atom is 0.229 e. The van der Waals surface area contributed by atoms with Crippen molar-refractivity contribution in [2.45, 2.75) is 13.8 Å². The summed E-state index contributed by atoms with van der Waals surface area (Å²) < 4.78 is 10.4. The van der Waals surface area contributed by atoms with Gasteiger partial charge in [-0.15, -0.1) is 0 Å². The maximum atomic E-state index is 9.63. The fraction of sp³-hybridized carbons (Fsp3) is 0.333. The van der Waals surface area contributed by atoms with E-state index in [0.717, 1.165) is 42.0 Å². The molecule has 0 unspecified atom stereocenters. The molecule has 1 aliphatic rings. The zero-order valence-corrected chi connectivity index (χ0v) is 24.3. The topological polar surface area (TPSA) is 82.2 Å². The van der Waals surface area contributed by atoms with Crippen molar-refractivity contribution in [3.8, 4) is 0 Å². The minimum atomic E-state index is -1.13. The predicted molar refractivity (Wildman–Crippen MR) is 155 cm³/mol. The molecule has 35 heavy (non-hydrogen) atoms. The fourth-order valence-corrected chi connectivity index (χ4v) is 4.15. The Bertz CT molecular complexity index is 1200. The maximum absolute atomic E-state index is 9.63. The van der Waals surface area contributed by atoms with E-state index < -0.39 is 7.80 Å². The van der Waals surface area contributed by atoms with Crippen molar-refractivity contribution in [2.24, 2.45) is 0 Å². The molecule has 1 aromatic heterocycles. The molecule has 3 aromatic rings. The van der Waals surface area contributed by atoms with Crippen LogP contribution >= 0.6 is 46.9 Å². The van der Waals surface area contributed by atoms with Gasteiger partial charge in [-0.05, 0) is 78.5 Å². The summed E-state index contributed by atoms with van der Waals surface area (Å²) >= 11 is 16.6. The number of benzene rings is 2. The van der Waals surface area contributed by atoms with Crippen LogP contribution in [0, 0.1) is 13.8 Å². The van der Waals surface area contributed by atoms with Crippen LogP contribution in [0.2, 0.25) is 10.0 Å². The highest BCUT2D eigenvalue weighted by molar-refractivity contribution is 9.10. The molecule has 1 fully saturated rings. The van der Waals surface area contributed by atoms with Crippen LogP contribution < -0.4 is 20.9 Å². The summed E-state index contributed by atoms with van der Waals surface area (Å²) in [7, 11) is -1.13. The fourth-order valence-electron chi connectivity index (χ4n) is 3.37. The van der Waals surface area contributed by atoms with E-state index in [4.69, 9.17) is 23.2 Å². The van der Waals surface area contributed by atoms with Crippen LogP contribution in [0.25, 0.3) is 0 Å². The van der Waals surface area contributed by atoms with E-state index in [1.54, 1.807) is 19.5 Å². The Morgan fingerprint density at radius 1 is 1.03 bits per heavy atom. The van der Waals surface area contributed by atoms with Crippen LogP contribution in [0.15, 0.2) is 41.0 Å². The van der Waals surface area contributed by atoms with Gasteiger partial charge >= 0.3 is 0 Å². The van der Waals surface area contributed by atoms with Gasteiger partial charge in [0.15, 0.2) is 0 Å². The van der Waals surface area contributed by atoms with Crippen molar-refractivity contribution in [3.63, 3.8) is 0 Å². The normalized spacial score (nSPS) is 13.3. The molecule has 0 bridgehead atoms. The molecule has 3 N–H and O–H groups in total. The quantitative estimate of drug-likeness (QED) is 0.276. The average molecular weight is 600 g/mol. The van der Waals surface area contributed by atoms with E-state index in [9.17, 15) is 4.57 Å². The Morgan fingerprint density at radius 2 is 1.71 bits per heavy atom. The Balaban J connectivity index is 0.000000795. The van der Waals surface area contributed by atoms with Crippen molar-refractivity contribution in [2.75, 3.05) is 55.0 Å². The highest BCUT2D eigenvalue weighted by Crippen LogP contribution is 2.36. The minimum Gasteiger partial charge on any atom is -0.368 e. The summed E-state index contributed by atoms with van der Waals surface area (Å²) in [4.78, 5) is 11.2. The second kappa shape index (κ2) is 12.9. The van der Waals surface area contributed by atoms with Crippen LogP contribution in [0.4, 0.5) is 28.8 Å². The van der Waals surface area contributed by atoms with Crippen LogP contribution in [0.1, 0.15) is 11.1 Å². The summed E-state index contributed by atoms with van der Waals surface area (Å²) in [5, 5.41) is 11.1. The van der Waals surface area contributed by atoms with Crippen molar-refractivity contribution in [1.82, 2.24) is 15.3 Å². The number of rotatable bonds is 5. The number of nitrogens with zero attached hydrogens (tertiary/aromatic N) is 3. The number of aryl methyl sites for hydroxylation is 2. The third kappa shape index (κ3) is 8.09. The molecule has 0 saturated carbocycles. The van der Waals surface area contributed by atoms with Gasteiger partial charge in [0.05, 0.1) is 33.7 Å². The van der Waals surface area contributed by atoms with E-state index >= 15 is 0 Å². The van der Waals surface area contributed by atoms with Crippen molar-refractivity contribution in [1.29, 1.82) is 0 Å². The lowest BCUT2D eigenvalue weighted by Crippen LogP contribution is -2.43. The molecule has 0 aliphatic carbocycles. The molecule has 2 aromatic carbocycles. The molecule has 2 heterocycles. The third-order valence-corrected chi connectivity index (χ3v) is 6.45. The SMILES string of the molecule is C[PH](C)=O.Cc1ccc(Nc2nc(Nc3cc(Cl)c(N4CCNCC4)cc3Cl)ncc2Br)cc1C. The molecule has 0 radical (unpaired) electrons. The molecule has 0 spiro atoms. The smallest absolute Gasteiger partial charge is 0.229 e. The number of nitrogens with one attached hydrogen (secondary N) is 3. The zero-order chi connectivity index (χ0) is 25.5. The Labute approximate surface area is 225 Å². The number of hydrogen-bond acceptors (Lipinski definition) is 7. The highest BCUT2D eigenvalue weighted by atomic mass is 79.9. The largest absolute Gasteiger partial charge is 0.368 e. The molecular weight excluding hydrogens is 570 g/mol. The molecule has 7 nitrogen and oxygen atoms in total. The number of aromatic nitrogens is 2. The van der Waals surface area contributed by atoms with Crippen LogP contribution in [-0.2, 0) is 4.57 Å². The summed E-state index contributed by atoms with van der Waals surface area (Å²) in [6.45, 7) is 11.2. The number of hydrogen-bond donors (Lipinski definition) is 3. The highest BCUT2D eigenvalue weighted by Gasteiger charge is 2.17. The van der Waals surface area contributed by atoms with Crippen LogP contribution in [0.5, 0.6) is 0 Å². The minimum absolute atomic E-state index is 0.419. The summed E-state index contributed by atoms with van der Waals surface area (Å²) in [5.74, 6) is 1.07.